The molecule has 4 heteroatoms. The molecule has 0 atom stereocenters. The normalized spacial score (nSPS) is 15.5. The first-order valence-corrected chi connectivity index (χ1v) is 7.36. The number of pyridine rings is 1. The topological polar surface area (TPSA) is 49.8 Å². The SMILES string of the molecule is N#Cc1nccc(-c2ccco2)c1SC1CCCC1. The van der Waals surface area contributed by atoms with Crippen LogP contribution in [0, 0.1) is 11.3 Å². The zero-order chi connectivity index (χ0) is 13.1. The third kappa shape index (κ3) is 2.52. The van der Waals surface area contributed by atoms with Crippen molar-refractivity contribution in [2.75, 3.05) is 0 Å². The molecule has 3 nitrogen and oxygen atoms in total. The third-order valence-corrected chi connectivity index (χ3v) is 4.84. The molecule has 2 aromatic heterocycles. The van der Waals surface area contributed by atoms with Crippen LogP contribution in [0.3, 0.4) is 0 Å². The highest BCUT2D eigenvalue weighted by molar-refractivity contribution is 8.00. The summed E-state index contributed by atoms with van der Waals surface area (Å²) in [6.07, 6.45) is 8.36. The van der Waals surface area contributed by atoms with E-state index in [2.05, 4.69) is 11.1 Å². The van der Waals surface area contributed by atoms with Gasteiger partial charge in [-0.25, -0.2) is 4.98 Å². The Hall–Kier alpha value is -1.73. The molecule has 0 spiro atoms. The van der Waals surface area contributed by atoms with Crippen molar-refractivity contribution >= 4 is 11.8 Å². The third-order valence-electron chi connectivity index (χ3n) is 3.38. The van der Waals surface area contributed by atoms with Gasteiger partial charge in [0.05, 0.1) is 11.2 Å². The van der Waals surface area contributed by atoms with Crippen molar-refractivity contribution in [3.05, 3.63) is 36.4 Å². The molecule has 0 aliphatic heterocycles. The molecular weight excluding hydrogens is 256 g/mol. The van der Waals surface area contributed by atoms with E-state index in [9.17, 15) is 5.26 Å². The zero-order valence-electron chi connectivity index (χ0n) is 10.5. The number of nitrogens with zero attached hydrogens (tertiary/aromatic N) is 2. The van der Waals surface area contributed by atoms with Gasteiger partial charge in [-0.1, -0.05) is 12.8 Å². The Balaban J connectivity index is 2.01. The summed E-state index contributed by atoms with van der Waals surface area (Å²) in [6.45, 7) is 0. The van der Waals surface area contributed by atoms with Crippen LogP contribution in [0.15, 0.2) is 40.0 Å². The van der Waals surface area contributed by atoms with E-state index >= 15 is 0 Å². The first-order chi connectivity index (χ1) is 9.38. The molecule has 0 aromatic carbocycles. The molecule has 0 amide bonds. The fourth-order valence-corrected chi connectivity index (χ4v) is 3.85. The molecule has 0 N–H and O–H groups in total. The van der Waals surface area contributed by atoms with Gasteiger partial charge in [0.15, 0.2) is 5.69 Å². The van der Waals surface area contributed by atoms with E-state index in [1.54, 1.807) is 24.2 Å². The molecule has 0 unspecified atom stereocenters. The van der Waals surface area contributed by atoms with Crippen molar-refractivity contribution in [1.82, 2.24) is 4.98 Å². The standard InChI is InChI=1S/C15H14N2OS/c16-10-13-15(19-11-4-1-2-5-11)12(7-8-17-13)14-6-3-9-18-14/h3,6-9,11H,1-2,4-5H2. The number of aromatic nitrogens is 1. The summed E-state index contributed by atoms with van der Waals surface area (Å²) >= 11 is 1.78. The van der Waals surface area contributed by atoms with Gasteiger partial charge in [0.1, 0.15) is 11.8 Å². The lowest BCUT2D eigenvalue weighted by Crippen LogP contribution is -1.98. The summed E-state index contributed by atoms with van der Waals surface area (Å²) in [5, 5.41) is 9.86. The van der Waals surface area contributed by atoms with Gasteiger partial charge in [0.25, 0.3) is 0 Å². The second kappa shape index (κ2) is 5.50. The second-order valence-electron chi connectivity index (χ2n) is 4.65. The van der Waals surface area contributed by atoms with Gasteiger partial charge in [-0.2, -0.15) is 5.26 Å². The molecule has 1 saturated carbocycles. The summed E-state index contributed by atoms with van der Waals surface area (Å²) < 4.78 is 5.47. The molecule has 0 radical (unpaired) electrons. The van der Waals surface area contributed by atoms with Crippen molar-refractivity contribution < 1.29 is 4.42 Å². The maximum absolute atomic E-state index is 9.26. The molecule has 3 rings (SSSR count). The summed E-state index contributed by atoms with van der Waals surface area (Å²) in [7, 11) is 0. The highest BCUT2D eigenvalue weighted by Crippen LogP contribution is 2.40. The highest BCUT2D eigenvalue weighted by atomic mass is 32.2. The quantitative estimate of drug-likeness (QED) is 0.836. The van der Waals surface area contributed by atoms with Gasteiger partial charge in [-0.15, -0.1) is 11.8 Å². The van der Waals surface area contributed by atoms with Gasteiger partial charge in [0.2, 0.25) is 0 Å². The average Bonchev–Trinajstić information content (AvgIpc) is 3.11. The van der Waals surface area contributed by atoms with Gasteiger partial charge in [-0.3, -0.25) is 0 Å². The van der Waals surface area contributed by atoms with Crippen LogP contribution in [0.2, 0.25) is 0 Å². The Morgan fingerprint density at radius 2 is 2.16 bits per heavy atom. The lowest BCUT2D eigenvalue weighted by molar-refractivity contribution is 0.581. The van der Waals surface area contributed by atoms with Crippen molar-refractivity contribution in [3.8, 4) is 17.4 Å². The van der Waals surface area contributed by atoms with E-state index < -0.39 is 0 Å². The van der Waals surface area contributed by atoms with Crippen LogP contribution >= 0.6 is 11.8 Å². The van der Waals surface area contributed by atoms with Crippen molar-refractivity contribution in [3.63, 3.8) is 0 Å². The van der Waals surface area contributed by atoms with Crippen LogP contribution in [0.5, 0.6) is 0 Å². The molecule has 96 valence electrons. The smallest absolute Gasteiger partial charge is 0.154 e. The Morgan fingerprint density at radius 1 is 1.32 bits per heavy atom. The summed E-state index contributed by atoms with van der Waals surface area (Å²) in [5.41, 5.74) is 1.49. The maximum Gasteiger partial charge on any atom is 0.154 e. The van der Waals surface area contributed by atoms with Gasteiger partial charge in [0, 0.05) is 17.0 Å². The first kappa shape index (κ1) is 12.3. The largest absolute Gasteiger partial charge is 0.464 e. The van der Waals surface area contributed by atoms with Gasteiger partial charge in [-0.05, 0) is 31.0 Å². The Morgan fingerprint density at radius 3 is 2.84 bits per heavy atom. The van der Waals surface area contributed by atoms with Crippen LogP contribution in [0.25, 0.3) is 11.3 Å². The number of hydrogen-bond donors (Lipinski definition) is 0. The minimum atomic E-state index is 0.505. The fourth-order valence-electron chi connectivity index (χ4n) is 2.45. The number of hydrogen-bond acceptors (Lipinski definition) is 4. The average molecular weight is 270 g/mol. The monoisotopic (exact) mass is 270 g/mol. The van der Waals surface area contributed by atoms with E-state index in [-0.39, 0.29) is 0 Å². The van der Waals surface area contributed by atoms with E-state index in [4.69, 9.17) is 4.42 Å². The fraction of sp³-hybridized carbons (Fsp3) is 0.333. The predicted octanol–water partition coefficient (Wildman–Crippen LogP) is 4.25. The Labute approximate surface area is 116 Å². The summed E-state index contributed by atoms with van der Waals surface area (Å²) in [4.78, 5) is 5.15. The highest BCUT2D eigenvalue weighted by Gasteiger charge is 2.21. The van der Waals surface area contributed by atoms with Crippen molar-refractivity contribution in [2.45, 2.75) is 35.8 Å². The molecule has 19 heavy (non-hydrogen) atoms. The molecule has 1 aliphatic rings. The van der Waals surface area contributed by atoms with Crippen LogP contribution in [0.4, 0.5) is 0 Å². The molecule has 0 bridgehead atoms. The van der Waals surface area contributed by atoms with Crippen LogP contribution in [-0.4, -0.2) is 10.2 Å². The lowest BCUT2D eigenvalue weighted by Gasteiger charge is -2.12. The number of furan rings is 1. The Kier molecular flexibility index (Phi) is 3.56. The van der Waals surface area contributed by atoms with E-state index in [0.717, 1.165) is 16.2 Å². The van der Waals surface area contributed by atoms with E-state index in [1.165, 1.54) is 25.7 Å². The van der Waals surface area contributed by atoms with Crippen LogP contribution in [0.1, 0.15) is 31.4 Å². The number of nitriles is 1. The number of thioether (sulfide) groups is 1. The Bertz CT molecular complexity index is 595. The van der Waals surface area contributed by atoms with Crippen molar-refractivity contribution in [2.24, 2.45) is 0 Å². The molecule has 1 fully saturated rings. The maximum atomic E-state index is 9.26. The van der Waals surface area contributed by atoms with Gasteiger partial charge >= 0.3 is 0 Å². The molecule has 2 heterocycles. The van der Waals surface area contributed by atoms with Crippen LogP contribution < -0.4 is 0 Å². The molecule has 2 aromatic rings. The summed E-state index contributed by atoms with van der Waals surface area (Å²) in [5.74, 6) is 0.805. The molecule has 1 aliphatic carbocycles. The van der Waals surface area contributed by atoms with Crippen molar-refractivity contribution in [1.29, 1.82) is 5.26 Å². The van der Waals surface area contributed by atoms with E-state index in [1.807, 2.05) is 18.2 Å². The second-order valence-corrected chi connectivity index (χ2v) is 5.96. The van der Waals surface area contributed by atoms with E-state index in [0.29, 0.717) is 10.9 Å². The van der Waals surface area contributed by atoms with Gasteiger partial charge < -0.3 is 4.42 Å². The zero-order valence-corrected chi connectivity index (χ0v) is 11.3. The van der Waals surface area contributed by atoms with Crippen LogP contribution in [-0.2, 0) is 0 Å². The lowest BCUT2D eigenvalue weighted by atomic mass is 10.2. The minimum absolute atomic E-state index is 0.505. The molecular formula is C15H14N2OS. The first-order valence-electron chi connectivity index (χ1n) is 6.48. The molecule has 0 saturated heterocycles. The predicted molar refractivity (Wildman–Crippen MR) is 74.8 cm³/mol. The number of rotatable bonds is 3. The minimum Gasteiger partial charge on any atom is -0.464 e. The summed E-state index contributed by atoms with van der Waals surface area (Å²) in [6, 6.07) is 7.92.